The fraction of sp³-hybridized carbons (Fsp3) is 0.190. The van der Waals surface area contributed by atoms with Gasteiger partial charge in [-0.15, -0.1) is 0 Å². The molecule has 1 aliphatic heterocycles. The minimum atomic E-state index is -0.230. The van der Waals surface area contributed by atoms with E-state index in [4.69, 9.17) is 33.3 Å². The van der Waals surface area contributed by atoms with E-state index in [1.165, 1.54) is 16.7 Å². The normalized spacial score (nSPS) is 14.5. The summed E-state index contributed by atoms with van der Waals surface area (Å²) in [4.78, 5) is 26.3. The lowest BCUT2D eigenvalue weighted by Gasteiger charge is -2.18. The number of hydrogen-bond acceptors (Lipinski definition) is 6. The molecule has 1 heterocycles. The van der Waals surface area contributed by atoms with E-state index >= 15 is 0 Å². The monoisotopic (exact) mass is 540 g/mol. The molecule has 0 radical (unpaired) electrons. The Morgan fingerprint density at radius 1 is 1.26 bits per heavy atom. The second kappa shape index (κ2) is 11.0. The molecule has 0 saturated carbocycles. The van der Waals surface area contributed by atoms with Crippen molar-refractivity contribution in [3.05, 3.63) is 62.4 Å². The summed E-state index contributed by atoms with van der Waals surface area (Å²) in [6, 6.07) is 12.3. The van der Waals surface area contributed by atoms with Crippen molar-refractivity contribution >= 4 is 73.7 Å². The third-order valence-corrected chi connectivity index (χ3v) is 6.09. The van der Waals surface area contributed by atoms with Crippen molar-refractivity contribution in [1.82, 2.24) is 10.2 Å². The quantitative estimate of drug-likeness (QED) is 0.392. The topological polar surface area (TPSA) is 67.9 Å². The number of thiocarbonyl (C=S) groups is 1. The van der Waals surface area contributed by atoms with E-state index in [0.717, 1.165) is 10.0 Å². The van der Waals surface area contributed by atoms with E-state index in [0.29, 0.717) is 32.3 Å². The predicted molar refractivity (Wildman–Crippen MR) is 131 cm³/mol. The number of rotatable bonds is 8. The molecule has 6 nitrogen and oxygen atoms in total. The summed E-state index contributed by atoms with van der Waals surface area (Å²) in [5, 5.41) is 3.19. The van der Waals surface area contributed by atoms with Gasteiger partial charge in [-0.3, -0.25) is 9.59 Å². The first-order chi connectivity index (χ1) is 14.8. The van der Waals surface area contributed by atoms with Crippen molar-refractivity contribution < 1.29 is 19.1 Å². The lowest BCUT2D eigenvalue weighted by Crippen LogP contribution is -2.34. The van der Waals surface area contributed by atoms with Gasteiger partial charge in [-0.25, -0.2) is 0 Å². The summed E-state index contributed by atoms with van der Waals surface area (Å²) in [6.07, 6.45) is 1.73. The zero-order chi connectivity index (χ0) is 22.4. The summed E-state index contributed by atoms with van der Waals surface area (Å²) in [7, 11) is 1.68. The second-order valence-electron chi connectivity index (χ2n) is 6.44. The first kappa shape index (κ1) is 23.6. The maximum absolute atomic E-state index is 12.3. The molecule has 162 valence electrons. The average Bonchev–Trinajstić information content (AvgIpc) is 3.05. The van der Waals surface area contributed by atoms with Crippen molar-refractivity contribution in [3.8, 4) is 11.5 Å². The summed E-state index contributed by atoms with van der Waals surface area (Å²) in [5.74, 6) is 0.764. The molecule has 2 aromatic rings. The van der Waals surface area contributed by atoms with Crippen molar-refractivity contribution in [3.63, 3.8) is 0 Å². The standard InChI is InChI=1S/C21H18BrClN2O4S2/c1-25(19(26)12-29-16-5-3-15(23)4-6-16)8-9-28-17-7-2-14(22)10-13(17)11-18-20(27)24-21(30)31-18/h2-7,10-11H,8-9,12H2,1H3,(H,24,27,30)/b18-11-. The maximum Gasteiger partial charge on any atom is 0.263 e. The number of likely N-dealkylation sites (N-methyl/N-ethyl adjacent to an activating group) is 1. The molecule has 0 atom stereocenters. The van der Waals surface area contributed by atoms with E-state index in [2.05, 4.69) is 21.2 Å². The highest BCUT2D eigenvalue weighted by molar-refractivity contribution is 9.10. The summed E-state index contributed by atoms with van der Waals surface area (Å²) >= 11 is 15.5. The zero-order valence-corrected chi connectivity index (χ0v) is 20.4. The number of thioether (sulfide) groups is 1. The number of hydrogen-bond donors (Lipinski definition) is 1. The molecule has 0 bridgehead atoms. The largest absolute Gasteiger partial charge is 0.491 e. The number of ether oxygens (including phenoxy) is 2. The number of carbonyl (C=O) groups is 2. The number of halogens is 2. The van der Waals surface area contributed by atoms with E-state index < -0.39 is 0 Å². The highest BCUT2D eigenvalue weighted by Crippen LogP contribution is 2.31. The van der Waals surface area contributed by atoms with Crippen molar-refractivity contribution in [2.24, 2.45) is 0 Å². The predicted octanol–water partition coefficient (Wildman–Crippen LogP) is 4.51. The first-order valence-corrected chi connectivity index (χ1v) is 11.5. The second-order valence-corrected chi connectivity index (χ2v) is 9.51. The van der Waals surface area contributed by atoms with Crippen LogP contribution in [-0.4, -0.2) is 47.8 Å². The van der Waals surface area contributed by atoms with Gasteiger partial charge in [-0.2, -0.15) is 0 Å². The molecular formula is C21H18BrClN2O4S2. The van der Waals surface area contributed by atoms with Gasteiger partial charge < -0.3 is 19.7 Å². The van der Waals surface area contributed by atoms with Gasteiger partial charge in [-0.05, 0) is 48.5 Å². The Morgan fingerprint density at radius 2 is 2.00 bits per heavy atom. The van der Waals surface area contributed by atoms with Crippen molar-refractivity contribution in [1.29, 1.82) is 0 Å². The molecule has 10 heteroatoms. The van der Waals surface area contributed by atoms with Crippen LogP contribution in [0.25, 0.3) is 6.08 Å². The molecule has 0 aliphatic carbocycles. The van der Waals surface area contributed by atoms with Crippen LogP contribution in [0.15, 0.2) is 51.8 Å². The van der Waals surface area contributed by atoms with Gasteiger partial charge in [0.25, 0.3) is 11.8 Å². The molecule has 1 saturated heterocycles. The van der Waals surface area contributed by atoms with Crippen LogP contribution in [0.5, 0.6) is 11.5 Å². The van der Waals surface area contributed by atoms with Gasteiger partial charge in [0, 0.05) is 22.1 Å². The third-order valence-electron chi connectivity index (χ3n) is 4.19. The first-order valence-electron chi connectivity index (χ1n) is 9.11. The Balaban J connectivity index is 1.54. The average molecular weight is 542 g/mol. The molecule has 1 aliphatic rings. The maximum atomic E-state index is 12.3. The van der Waals surface area contributed by atoms with Gasteiger partial charge in [-0.1, -0.05) is 51.5 Å². The summed E-state index contributed by atoms with van der Waals surface area (Å²) < 4.78 is 12.6. The molecule has 2 aromatic carbocycles. The molecule has 1 N–H and O–H groups in total. The van der Waals surface area contributed by atoms with Crippen LogP contribution in [0.3, 0.4) is 0 Å². The fourth-order valence-corrected chi connectivity index (χ4v) is 4.07. The van der Waals surface area contributed by atoms with Gasteiger partial charge >= 0.3 is 0 Å². The summed E-state index contributed by atoms with van der Waals surface area (Å²) in [5.41, 5.74) is 0.733. The number of amides is 2. The van der Waals surface area contributed by atoms with Crippen LogP contribution in [0, 0.1) is 0 Å². The van der Waals surface area contributed by atoms with E-state index in [1.54, 1.807) is 43.5 Å². The lowest BCUT2D eigenvalue weighted by molar-refractivity contribution is -0.132. The zero-order valence-electron chi connectivity index (χ0n) is 16.4. The Labute approximate surface area is 203 Å². The van der Waals surface area contributed by atoms with Crippen LogP contribution in [-0.2, 0) is 9.59 Å². The number of benzene rings is 2. The Kier molecular flexibility index (Phi) is 8.36. The van der Waals surface area contributed by atoms with Crippen LogP contribution in [0.1, 0.15) is 5.56 Å². The van der Waals surface area contributed by atoms with Crippen LogP contribution in [0.4, 0.5) is 0 Å². The van der Waals surface area contributed by atoms with Gasteiger partial charge in [0.1, 0.15) is 22.4 Å². The smallest absolute Gasteiger partial charge is 0.263 e. The number of nitrogens with zero attached hydrogens (tertiary/aromatic N) is 1. The van der Waals surface area contributed by atoms with E-state index in [9.17, 15) is 9.59 Å². The molecule has 31 heavy (non-hydrogen) atoms. The number of nitrogens with one attached hydrogen (secondary N) is 1. The summed E-state index contributed by atoms with van der Waals surface area (Å²) in [6.45, 7) is 0.562. The van der Waals surface area contributed by atoms with Crippen LogP contribution < -0.4 is 14.8 Å². The molecule has 1 fully saturated rings. The molecule has 0 aromatic heterocycles. The molecule has 2 amide bonds. The minimum absolute atomic E-state index is 0.0833. The van der Waals surface area contributed by atoms with Crippen LogP contribution in [0.2, 0.25) is 5.02 Å². The van der Waals surface area contributed by atoms with Gasteiger partial charge in [0.15, 0.2) is 6.61 Å². The fourth-order valence-electron chi connectivity index (χ4n) is 2.53. The Bertz CT molecular complexity index is 1030. The Hall–Kier alpha value is -2.07. The number of carbonyl (C=O) groups excluding carboxylic acids is 2. The van der Waals surface area contributed by atoms with E-state index in [1.807, 2.05) is 12.1 Å². The van der Waals surface area contributed by atoms with Crippen molar-refractivity contribution in [2.45, 2.75) is 0 Å². The van der Waals surface area contributed by atoms with Gasteiger partial charge in [0.05, 0.1) is 11.4 Å². The molecule has 0 spiro atoms. The molecular weight excluding hydrogens is 524 g/mol. The molecule has 3 rings (SSSR count). The van der Waals surface area contributed by atoms with E-state index in [-0.39, 0.29) is 25.0 Å². The SMILES string of the molecule is CN(CCOc1ccc(Br)cc1/C=C1\SC(=S)NC1=O)C(=O)COc1ccc(Cl)cc1. The highest BCUT2D eigenvalue weighted by atomic mass is 79.9. The highest BCUT2D eigenvalue weighted by Gasteiger charge is 2.22. The third kappa shape index (κ3) is 6.96. The molecule has 0 unspecified atom stereocenters. The lowest BCUT2D eigenvalue weighted by atomic mass is 10.2. The van der Waals surface area contributed by atoms with Crippen LogP contribution >= 0.6 is 51.5 Å². The minimum Gasteiger partial charge on any atom is -0.491 e. The Morgan fingerprint density at radius 3 is 2.68 bits per heavy atom. The van der Waals surface area contributed by atoms with Gasteiger partial charge in [0.2, 0.25) is 0 Å². The van der Waals surface area contributed by atoms with Crippen molar-refractivity contribution in [2.75, 3.05) is 26.8 Å².